The Kier molecular flexibility index (Phi) is 2.79. The fraction of sp³-hybridized carbons (Fsp3) is 0.778. The Morgan fingerprint density at radius 2 is 2.50 bits per heavy atom. The van der Waals surface area contributed by atoms with Gasteiger partial charge in [-0.2, -0.15) is 5.10 Å². The van der Waals surface area contributed by atoms with E-state index in [4.69, 9.17) is 10.5 Å². The quantitative estimate of drug-likeness (QED) is 0.723. The summed E-state index contributed by atoms with van der Waals surface area (Å²) in [6.07, 6.45) is 2.75. The van der Waals surface area contributed by atoms with Gasteiger partial charge >= 0.3 is 0 Å². The van der Waals surface area contributed by atoms with E-state index >= 15 is 0 Å². The van der Waals surface area contributed by atoms with E-state index in [1.807, 2.05) is 4.68 Å². The van der Waals surface area contributed by atoms with Crippen molar-refractivity contribution in [1.82, 2.24) is 14.8 Å². The summed E-state index contributed by atoms with van der Waals surface area (Å²) in [4.78, 5) is 4.44. The van der Waals surface area contributed by atoms with Gasteiger partial charge in [0, 0.05) is 26.0 Å². The molecule has 0 radical (unpaired) electrons. The van der Waals surface area contributed by atoms with Crippen molar-refractivity contribution in [3.8, 4) is 0 Å². The molecule has 0 fully saturated rings. The maximum Gasteiger partial charge on any atom is 0.153 e. The van der Waals surface area contributed by atoms with Crippen LogP contribution in [0.3, 0.4) is 0 Å². The Balaban J connectivity index is 2.07. The zero-order valence-electron chi connectivity index (χ0n) is 8.44. The number of hydrogen-bond donors (Lipinski definition) is 1. The molecule has 0 saturated carbocycles. The summed E-state index contributed by atoms with van der Waals surface area (Å²) in [5.74, 6) is 1.94. The predicted octanol–water partition coefficient (Wildman–Crippen LogP) is -0.259. The second-order valence-electron chi connectivity index (χ2n) is 3.67. The molecular weight excluding hydrogens is 180 g/mol. The first-order valence-corrected chi connectivity index (χ1v) is 4.96. The van der Waals surface area contributed by atoms with E-state index in [0.717, 1.165) is 37.5 Å². The summed E-state index contributed by atoms with van der Waals surface area (Å²) in [6.45, 7) is 1.48. The number of nitrogens with zero attached hydrogens (tertiary/aromatic N) is 3. The zero-order valence-corrected chi connectivity index (χ0v) is 8.44. The summed E-state index contributed by atoms with van der Waals surface area (Å²) in [6, 6.07) is 0.236. The number of rotatable bonds is 3. The van der Waals surface area contributed by atoms with E-state index in [0.29, 0.717) is 6.61 Å². The van der Waals surface area contributed by atoms with Gasteiger partial charge in [0.15, 0.2) is 5.82 Å². The number of fused-ring (bicyclic) bond motifs is 1. The molecule has 0 saturated heterocycles. The van der Waals surface area contributed by atoms with Crippen LogP contribution in [-0.2, 0) is 24.1 Å². The molecule has 0 aromatic carbocycles. The van der Waals surface area contributed by atoms with Crippen LogP contribution in [0.5, 0.6) is 0 Å². The van der Waals surface area contributed by atoms with E-state index in [1.165, 1.54) is 0 Å². The van der Waals surface area contributed by atoms with E-state index in [-0.39, 0.29) is 6.04 Å². The Hall–Kier alpha value is -0.940. The summed E-state index contributed by atoms with van der Waals surface area (Å²) in [5, 5.41) is 4.38. The molecule has 1 aromatic rings. The molecule has 0 aliphatic carbocycles. The highest BCUT2D eigenvalue weighted by atomic mass is 16.5. The van der Waals surface area contributed by atoms with Crippen molar-refractivity contribution in [2.75, 3.05) is 13.7 Å². The van der Waals surface area contributed by atoms with Crippen LogP contribution >= 0.6 is 0 Å². The topological polar surface area (TPSA) is 66.0 Å². The molecule has 2 N–H and O–H groups in total. The first-order chi connectivity index (χ1) is 6.79. The average Bonchev–Trinajstić information content (AvgIpc) is 2.56. The van der Waals surface area contributed by atoms with Gasteiger partial charge < -0.3 is 10.5 Å². The lowest BCUT2D eigenvalue weighted by Gasteiger charge is -2.17. The Morgan fingerprint density at radius 3 is 3.29 bits per heavy atom. The van der Waals surface area contributed by atoms with Crippen molar-refractivity contribution in [1.29, 1.82) is 0 Å². The van der Waals surface area contributed by atoms with E-state index in [9.17, 15) is 0 Å². The molecule has 1 aliphatic rings. The fourth-order valence-corrected chi connectivity index (χ4v) is 1.68. The van der Waals surface area contributed by atoms with Crippen molar-refractivity contribution in [3.63, 3.8) is 0 Å². The van der Waals surface area contributed by atoms with Crippen molar-refractivity contribution < 1.29 is 4.74 Å². The third-order valence-electron chi connectivity index (χ3n) is 2.47. The molecule has 0 amide bonds. The summed E-state index contributed by atoms with van der Waals surface area (Å²) >= 11 is 0. The summed E-state index contributed by atoms with van der Waals surface area (Å²) in [5.41, 5.74) is 5.85. The van der Waals surface area contributed by atoms with Gasteiger partial charge in [0.05, 0.1) is 13.2 Å². The number of nitrogens with two attached hydrogens (primary N) is 1. The summed E-state index contributed by atoms with van der Waals surface area (Å²) in [7, 11) is 1.69. The Bertz CT molecular complexity index is 310. The molecule has 1 unspecified atom stereocenters. The molecular formula is C9H16N4O. The second kappa shape index (κ2) is 4.06. The van der Waals surface area contributed by atoms with Gasteiger partial charge in [-0.1, -0.05) is 0 Å². The molecule has 2 rings (SSSR count). The molecule has 2 heterocycles. The van der Waals surface area contributed by atoms with Crippen LogP contribution in [0.2, 0.25) is 0 Å². The van der Waals surface area contributed by atoms with Crippen LogP contribution in [0.1, 0.15) is 18.1 Å². The lowest BCUT2D eigenvalue weighted by Crippen LogP contribution is -2.32. The molecule has 0 bridgehead atoms. The highest BCUT2D eigenvalue weighted by Gasteiger charge is 2.18. The van der Waals surface area contributed by atoms with Gasteiger partial charge in [-0.25, -0.2) is 9.67 Å². The highest BCUT2D eigenvalue weighted by molar-refractivity contribution is 4.97. The number of aryl methyl sites for hydroxylation is 1. The van der Waals surface area contributed by atoms with Crippen molar-refractivity contribution in [2.24, 2.45) is 5.73 Å². The monoisotopic (exact) mass is 196 g/mol. The molecule has 78 valence electrons. The van der Waals surface area contributed by atoms with Crippen LogP contribution in [0.25, 0.3) is 0 Å². The largest absolute Gasteiger partial charge is 0.384 e. The number of methoxy groups -OCH3 is 1. The standard InChI is InChI=1S/C9H16N4O/c1-14-5-4-8-11-9-3-2-7(10)6-13(9)12-8/h7H,2-6,10H2,1H3. The van der Waals surface area contributed by atoms with Crippen molar-refractivity contribution in [3.05, 3.63) is 11.6 Å². The van der Waals surface area contributed by atoms with Crippen molar-refractivity contribution >= 4 is 0 Å². The smallest absolute Gasteiger partial charge is 0.153 e. The lowest BCUT2D eigenvalue weighted by atomic mass is 10.1. The molecule has 5 nitrogen and oxygen atoms in total. The first-order valence-electron chi connectivity index (χ1n) is 4.96. The van der Waals surface area contributed by atoms with Gasteiger partial charge in [0.1, 0.15) is 5.82 Å². The normalized spacial score (nSPS) is 20.9. The van der Waals surface area contributed by atoms with Gasteiger partial charge in [-0.3, -0.25) is 0 Å². The van der Waals surface area contributed by atoms with Gasteiger partial charge in [0.2, 0.25) is 0 Å². The zero-order chi connectivity index (χ0) is 9.97. The molecule has 1 atom stereocenters. The maximum atomic E-state index is 5.85. The van der Waals surface area contributed by atoms with Crippen molar-refractivity contribution in [2.45, 2.75) is 31.8 Å². The third kappa shape index (κ3) is 1.93. The van der Waals surface area contributed by atoms with Gasteiger partial charge in [-0.15, -0.1) is 0 Å². The minimum atomic E-state index is 0.236. The Labute approximate surface area is 83.3 Å². The summed E-state index contributed by atoms with van der Waals surface area (Å²) < 4.78 is 6.91. The number of hydrogen-bond acceptors (Lipinski definition) is 4. The highest BCUT2D eigenvalue weighted by Crippen LogP contribution is 2.11. The van der Waals surface area contributed by atoms with E-state index < -0.39 is 0 Å². The minimum absolute atomic E-state index is 0.236. The van der Waals surface area contributed by atoms with Gasteiger partial charge in [0.25, 0.3) is 0 Å². The molecule has 1 aliphatic heterocycles. The Morgan fingerprint density at radius 1 is 1.64 bits per heavy atom. The van der Waals surface area contributed by atoms with Gasteiger partial charge in [-0.05, 0) is 6.42 Å². The number of ether oxygens (including phenoxy) is 1. The van der Waals surface area contributed by atoms with E-state index in [2.05, 4.69) is 10.1 Å². The average molecular weight is 196 g/mol. The maximum absolute atomic E-state index is 5.85. The second-order valence-corrected chi connectivity index (χ2v) is 3.67. The van der Waals surface area contributed by atoms with Crippen LogP contribution in [0.15, 0.2) is 0 Å². The molecule has 1 aromatic heterocycles. The van der Waals surface area contributed by atoms with Crippen LogP contribution < -0.4 is 5.73 Å². The SMILES string of the molecule is COCCc1nc2n(n1)CC(N)CC2. The lowest BCUT2D eigenvalue weighted by molar-refractivity contribution is 0.200. The number of aromatic nitrogens is 3. The molecule has 14 heavy (non-hydrogen) atoms. The predicted molar refractivity (Wildman–Crippen MR) is 51.9 cm³/mol. The molecule has 5 heteroatoms. The van der Waals surface area contributed by atoms with Crippen LogP contribution in [-0.4, -0.2) is 34.5 Å². The van der Waals surface area contributed by atoms with Crippen LogP contribution in [0.4, 0.5) is 0 Å². The minimum Gasteiger partial charge on any atom is -0.384 e. The third-order valence-corrected chi connectivity index (χ3v) is 2.47. The van der Waals surface area contributed by atoms with Crippen LogP contribution in [0, 0.1) is 0 Å². The first kappa shape index (κ1) is 9.61. The van der Waals surface area contributed by atoms with E-state index in [1.54, 1.807) is 7.11 Å². The fourth-order valence-electron chi connectivity index (χ4n) is 1.68. The molecule has 0 spiro atoms.